The summed E-state index contributed by atoms with van der Waals surface area (Å²) in [5.41, 5.74) is 1.38. The van der Waals surface area contributed by atoms with E-state index in [0.717, 1.165) is 19.4 Å². The van der Waals surface area contributed by atoms with Crippen LogP contribution in [0.5, 0.6) is 0 Å². The van der Waals surface area contributed by atoms with Gasteiger partial charge in [-0.25, -0.2) is 9.48 Å². The van der Waals surface area contributed by atoms with E-state index in [2.05, 4.69) is 44.3 Å². The number of hydrogen-bond acceptors (Lipinski definition) is 6. The molecule has 1 aliphatic heterocycles. The number of carbonyl (C=O) groups is 2. The van der Waals surface area contributed by atoms with Crippen LogP contribution >= 0.6 is 0 Å². The van der Waals surface area contributed by atoms with Gasteiger partial charge in [-0.15, -0.1) is 5.10 Å². The summed E-state index contributed by atoms with van der Waals surface area (Å²) in [7, 11) is 1.32. The van der Waals surface area contributed by atoms with Crippen LogP contribution in [0.4, 0.5) is 0 Å². The number of methoxy groups -OCH3 is 1. The molecule has 0 saturated carbocycles. The number of esters is 1. The molecule has 8 nitrogen and oxygen atoms in total. The first-order valence-corrected chi connectivity index (χ1v) is 9.68. The minimum absolute atomic E-state index is 0.00216. The number of ether oxygens (including phenoxy) is 1. The molecular formula is C20H27N5O3. The molecule has 2 atom stereocenters. The third-order valence-corrected chi connectivity index (χ3v) is 5.03. The number of carbonyl (C=O) groups excluding carboxylic acids is 2. The first-order valence-electron chi connectivity index (χ1n) is 9.68. The van der Waals surface area contributed by atoms with E-state index in [1.165, 1.54) is 12.7 Å². The van der Waals surface area contributed by atoms with E-state index >= 15 is 0 Å². The maximum atomic E-state index is 12.8. The van der Waals surface area contributed by atoms with Crippen LogP contribution in [0.3, 0.4) is 0 Å². The standard InChI is InChI=1S/C20H27N5O3/c1-3-11-24-13-16(25-14-17(22-23-25)20(27)28-2)12-18(24)19(26)21-10-9-15-7-5-4-6-8-15/h4-8,14,16,18H,3,9-13H2,1-2H3,(H,21,26)/t16-,18-/m0/s1. The van der Waals surface area contributed by atoms with Crippen molar-refractivity contribution < 1.29 is 14.3 Å². The molecule has 150 valence electrons. The van der Waals surface area contributed by atoms with Gasteiger partial charge in [0.05, 0.1) is 25.4 Å². The van der Waals surface area contributed by atoms with Gasteiger partial charge < -0.3 is 10.1 Å². The second-order valence-electron chi connectivity index (χ2n) is 7.00. The third kappa shape index (κ3) is 4.75. The summed E-state index contributed by atoms with van der Waals surface area (Å²) < 4.78 is 6.36. The molecule has 1 amide bonds. The fraction of sp³-hybridized carbons (Fsp3) is 0.500. The van der Waals surface area contributed by atoms with Crippen molar-refractivity contribution in [1.29, 1.82) is 0 Å². The molecule has 1 saturated heterocycles. The molecule has 0 aliphatic carbocycles. The van der Waals surface area contributed by atoms with Crippen LogP contribution < -0.4 is 5.32 Å². The molecule has 0 bridgehead atoms. The molecule has 0 radical (unpaired) electrons. The summed E-state index contributed by atoms with van der Waals surface area (Å²) in [6.45, 7) is 4.25. The van der Waals surface area contributed by atoms with E-state index in [-0.39, 0.29) is 23.7 Å². The number of nitrogens with zero attached hydrogens (tertiary/aromatic N) is 4. The van der Waals surface area contributed by atoms with Gasteiger partial charge in [0.15, 0.2) is 5.69 Å². The zero-order valence-corrected chi connectivity index (χ0v) is 16.4. The minimum Gasteiger partial charge on any atom is -0.464 e. The third-order valence-electron chi connectivity index (χ3n) is 5.03. The highest BCUT2D eigenvalue weighted by Crippen LogP contribution is 2.27. The van der Waals surface area contributed by atoms with Gasteiger partial charge in [-0.1, -0.05) is 42.5 Å². The lowest BCUT2D eigenvalue weighted by molar-refractivity contribution is -0.125. The molecule has 2 aromatic rings. The summed E-state index contributed by atoms with van der Waals surface area (Å²) in [5, 5.41) is 11.0. The molecule has 3 rings (SSSR count). The monoisotopic (exact) mass is 385 g/mol. The number of benzene rings is 1. The highest BCUT2D eigenvalue weighted by atomic mass is 16.5. The van der Waals surface area contributed by atoms with E-state index < -0.39 is 5.97 Å². The zero-order valence-electron chi connectivity index (χ0n) is 16.4. The van der Waals surface area contributed by atoms with Crippen LogP contribution in [0.15, 0.2) is 36.5 Å². The predicted octanol–water partition coefficient (Wildman–Crippen LogP) is 1.45. The summed E-state index contributed by atoms with van der Waals surface area (Å²) >= 11 is 0. The van der Waals surface area contributed by atoms with Gasteiger partial charge in [0.1, 0.15) is 0 Å². The number of hydrogen-bond donors (Lipinski definition) is 1. The van der Waals surface area contributed by atoms with Crippen LogP contribution in [0, 0.1) is 0 Å². The maximum Gasteiger partial charge on any atom is 0.360 e. The Kier molecular flexibility index (Phi) is 6.76. The zero-order chi connectivity index (χ0) is 19.9. The second-order valence-corrected chi connectivity index (χ2v) is 7.00. The number of aromatic nitrogens is 3. The molecule has 1 aromatic carbocycles. The normalized spacial score (nSPS) is 19.5. The van der Waals surface area contributed by atoms with Gasteiger partial charge in [0, 0.05) is 13.1 Å². The molecule has 1 N–H and O–H groups in total. The fourth-order valence-electron chi connectivity index (χ4n) is 3.62. The SMILES string of the molecule is CCCN1C[C@@H](n2cc(C(=O)OC)nn2)C[C@H]1C(=O)NCCc1ccccc1. The van der Waals surface area contributed by atoms with Gasteiger partial charge in [-0.3, -0.25) is 9.69 Å². The Hall–Kier alpha value is -2.74. The highest BCUT2D eigenvalue weighted by Gasteiger charge is 2.37. The Morgan fingerprint density at radius 2 is 2.07 bits per heavy atom. The molecular weight excluding hydrogens is 358 g/mol. The number of nitrogens with one attached hydrogen (secondary N) is 1. The van der Waals surface area contributed by atoms with Crippen molar-refractivity contribution in [3.8, 4) is 0 Å². The first kappa shape index (κ1) is 20.0. The predicted molar refractivity (Wildman–Crippen MR) is 104 cm³/mol. The van der Waals surface area contributed by atoms with Crippen LogP contribution in [0.1, 0.15) is 41.9 Å². The smallest absolute Gasteiger partial charge is 0.360 e. The Morgan fingerprint density at radius 1 is 1.29 bits per heavy atom. The number of amides is 1. The van der Waals surface area contributed by atoms with E-state index in [0.29, 0.717) is 19.5 Å². The van der Waals surface area contributed by atoms with Crippen LogP contribution in [0.25, 0.3) is 0 Å². The molecule has 1 fully saturated rings. The largest absolute Gasteiger partial charge is 0.464 e. The summed E-state index contributed by atoms with van der Waals surface area (Å²) in [5.74, 6) is -0.468. The van der Waals surface area contributed by atoms with E-state index in [9.17, 15) is 9.59 Å². The number of likely N-dealkylation sites (tertiary alicyclic amines) is 1. The molecule has 1 aliphatic rings. The lowest BCUT2D eigenvalue weighted by Crippen LogP contribution is -2.44. The van der Waals surface area contributed by atoms with Crippen molar-refractivity contribution in [2.24, 2.45) is 0 Å². The summed E-state index contributed by atoms with van der Waals surface area (Å²) in [6.07, 6.45) is 4.00. The molecule has 2 heterocycles. The Labute approximate surface area is 164 Å². The van der Waals surface area contributed by atoms with E-state index in [1.54, 1.807) is 10.9 Å². The van der Waals surface area contributed by atoms with E-state index in [4.69, 9.17) is 0 Å². The fourth-order valence-corrected chi connectivity index (χ4v) is 3.62. The van der Waals surface area contributed by atoms with Gasteiger partial charge in [0.25, 0.3) is 0 Å². The lowest BCUT2D eigenvalue weighted by Gasteiger charge is -2.22. The molecule has 28 heavy (non-hydrogen) atoms. The number of rotatable bonds is 8. The summed E-state index contributed by atoms with van der Waals surface area (Å²) in [4.78, 5) is 26.6. The highest BCUT2D eigenvalue weighted by molar-refractivity contribution is 5.86. The lowest BCUT2D eigenvalue weighted by atomic mass is 10.1. The summed E-state index contributed by atoms with van der Waals surface area (Å²) in [6, 6.07) is 9.91. The van der Waals surface area contributed by atoms with Crippen LogP contribution in [-0.2, 0) is 16.0 Å². The topological polar surface area (TPSA) is 89.3 Å². The van der Waals surface area contributed by atoms with Gasteiger partial charge >= 0.3 is 5.97 Å². The second kappa shape index (κ2) is 9.45. The first-order chi connectivity index (χ1) is 13.6. The van der Waals surface area contributed by atoms with Crippen molar-refractivity contribution in [2.45, 2.75) is 38.3 Å². The molecule has 0 unspecified atom stereocenters. The van der Waals surface area contributed by atoms with Crippen molar-refractivity contribution in [3.63, 3.8) is 0 Å². The van der Waals surface area contributed by atoms with Crippen molar-refractivity contribution in [3.05, 3.63) is 47.8 Å². The Balaban J connectivity index is 1.60. The molecule has 0 spiro atoms. The van der Waals surface area contributed by atoms with Crippen LogP contribution in [0.2, 0.25) is 0 Å². The van der Waals surface area contributed by atoms with Crippen LogP contribution in [-0.4, -0.2) is 64.6 Å². The van der Waals surface area contributed by atoms with E-state index in [1.807, 2.05) is 18.2 Å². The molecule has 1 aromatic heterocycles. The van der Waals surface area contributed by atoms with Gasteiger partial charge in [-0.2, -0.15) is 0 Å². The Morgan fingerprint density at radius 3 is 2.79 bits per heavy atom. The van der Waals surface area contributed by atoms with Crippen molar-refractivity contribution >= 4 is 11.9 Å². The average molecular weight is 385 g/mol. The minimum atomic E-state index is -0.509. The van der Waals surface area contributed by atoms with Crippen molar-refractivity contribution in [1.82, 2.24) is 25.2 Å². The van der Waals surface area contributed by atoms with Crippen molar-refractivity contribution in [2.75, 3.05) is 26.7 Å². The maximum absolute atomic E-state index is 12.8. The van der Waals surface area contributed by atoms with Gasteiger partial charge in [0.2, 0.25) is 5.91 Å². The molecule has 8 heteroatoms. The quantitative estimate of drug-likeness (QED) is 0.692. The average Bonchev–Trinajstić information content (AvgIpc) is 3.36. The van der Waals surface area contributed by atoms with Gasteiger partial charge in [-0.05, 0) is 31.4 Å². The Bertz CT molecular complexity index is 792.